The molecule has 0 aromatic rings. The predicted molar refractivity (Wildman–Crippen MR) is 55.1 cm³/mol. The molecule has 0 spiro atoms. The van der Waals surface area contributed by atoms with Crippen molar-refractivity contribution >= 4 is 10.1 Å². The van der Waals surface area contributed by atoms with Gasteiger partial charge in [0.05, 0.1) is 5.75 Å². The summed E-state index contributed by atoms with van der Waals surface area (Å²) in [6.07, 6.45) is 0.629. The molecule has 0 bridgehead atoms. The lowest BCUT2D eigenvalue weighted by atomic mass is 10.1. The number of hydrogen-bond donors (Lipinski definition) is 2. The van der Waals surface area contributed by atoms with Crippen LogP contribution in [0.25, 0.3) is 0 Å². The van der Waals surface area contributed by atoms with Crippen molar-refractivity contribution in [3.63, 3.8) is 0 Å². The third kappa shape index (κ3) is 16.4. The summed E-state index contributed by atoms with van der Waals surface area (Å²) in [4.78, 5) is 0. The van der Waals surface area contributed by atoms with Gasteiger partial charge in [-0.1, -0.05) is 19.3 Å². The molecule has 94 valence electrons. The van der Waals surface area contributed by atoms with E-state index in [0.717, 1.165) is 6.42 Å². The van der Waals surface area contributed by atoms with Gasteiger partial charge in [0.15, 0.2) is 0 Å². The highest BCUT2D eigenvalue weighted by Crippen LogP contribution is 2.10. The van der Waals surface area contributed by atoms with Crippen molar-refractivity contribution in [2.75, 3.05) is 5.75 Å². The molecule has 0 saturated carbocycles. The lowest BCUT2D eigenvalue weighted by Crippen LogP contribution is -2.03. The van der Waals surface area contributed by atoms with E-state index in [4.69, 9.17) is 4.55 Å². The van der Waals surface area contributed by atoms with E-state index in [1.54, 1.807) is 0 Å². The SMILES string of the molecule is N.O=S(=O)(O)CCCCCCCC(F)F. The van der Waals surface area contributed by atoms with Crippen LogP contribution in [0.3, 0.4) is 0 Å². The molecule has 0 aliphatic rings. The summed E-state index contributed by atoms with van der Waals surface area (Å²) in [5.41, 5.74) is 0. The summed E-state index contributed by atoms with van der Waals surface area (Å²) in [6.45, 7) is 0. The van der Waals surface area contributed by atoms with Crippen LogP contribution in [0.1, 0.15) is 38.5 Å². The van der Waals surface area contributed by atoms with Crippen LogP contribution < -0.4 is 6.15 Å². The van der Waals surface area contributed by atoms with Crippen LogP contribution in [0.2, 0.25) is 0 Å². The smallest absolute Gasteiger partial charge is 0.264 e. The highest BCUT2D eigenvalue weighted by Gasteiger charge is 2.04. The maximum atomic E-state index is 11.7. The van der Waals surface area contributed by atoms with Gasteiger partial charge in [0.25, 0.3) is 10.1 Å². The zero-order valence-corrected chi connectivity index (χ0v) is 9.48. The van der Waals surface area contributed by atoms with E-state index in [0.29, 0.717) is 25.7 Å². The molecule has 0 saturated heterocycles. The topological polar surface area (TPSA) is 89.4 Å². The maximum Gasteiger partial charge on any atom is 0.264 e. The quantitative estimate of drug-likeness (QED) is 0.509. The summed E-state index contributed by atoms with van der Waals surface area (Å²) in [7, 11) is -3.85. The Balaban J connectivity index is 0. The van der Waals surface area contributed by atoms with Crippen LogP contribution in [-0.4, -0.2) is 25.1 Å². The van der Waals surface area contributed by atoms with Gasteiger partial charge in [-0.3, -0.25) is 4.55 Å². The summed E-state index contributed by atoms with van der Waals surface area (Å²) >= 11 is 0. The third-order valence-electron chi connectivity index (χ3n) is 1.82. The Morgan fingerprint density at radius 1 is 1.00 bits per heavy atom. The Bertz CT molecular complexity index is 232. The lowest BCUT2D eigenvalue weighted by Gasteiger charge is -2.00. The highest BCUT2D eigenvalue weighted by molar-refractivity contribution is 7.85. The van der Waals surface area contributed by atoms with Crippen LogP contribution in [0.4, 0.5) is 8.78 Å². The average molecular weight is 247 g/mol. The zero-order valence-electron chi connectivity index (χ0n) is 8.66. The molecule has 0 fully saturated rings. The molecule has 0 aliphatic heterocycles. The second-order valence-electron chi connectivity index (χ2n) is 3.23. The van der Waals surface area contributed by atoms with Gasteiger partial charge < -0.3 is 6.15 Å². The lowest BCUT2D eigenvalue weighted by molar-refractivity contribution is 0.133. The summed E-state index contributed by atoms with van der Waals surface area (Å²) in [5, 5.41) is 0. The van der Waals surface area contributed by atoms with Gasteiger partial charge in [-0.25, -0.2) is 8.78 Å². The predicted octanol–water partition coefficient (Wildman–Crippen LogP) is 2.64. The average Bonchev–Trinajstić information content (AvgIpc) is 2.00. The first-order valence-electron chi connectivity index (χ1n) is 4.65. The zero-order chi connectivity index (χ0) is 11.0. The van der Waals surface area contributed by atoms with Crippen molar-refractivity contribution in [1.82, 2.24) is 6.15 Å². The Morgan fingerprint density at radius 3 is 1.93 bits per heavy atom. The van der Waals surface area contributed by atoms with Crippen molar-refractivity contribution in [1.29, 1.82) is 0 Å². The molecule has 0 aliphatic carbocycles. The standard InChI is InChI=1S/C8H16F2O3S.H3N/c9-8(10)6-4-2-1-3-5-7-14(11,12)13;/h8H,1-7H2,(H,11,12,13);1H3. The maximum absolute atomic E-state index is 11.7. The van der Waals surface area contributed by atoms with E-state index >= 15 is 0 Å². The number of alkyl halides is 2. The minimum absolute atomic E-state index is 0. The van der Waals surface area contributed by atoms with E-state index in [-0.39, 0.29) is 18.3 Å². The number of rotatable bonds is 8. The van der Waals surface area contributed by atoms with E-state index in [1.807, 2.05) is 0 Å². The van der Waals surface area contributed by atoms with Gasteiger partial charge in [-0.15, -0.1) is 0 Å². The molecule has 4 N–H and O–H groups in total. The van der Waals surface area contributed by atoms with E-state index in [1.165, 1.54) is 0 Å². The van der Waals surface area contributed by atoms with Gasteiger partial charge in [0.1, 0.15) is 0 Å². The van der Waals surface area contributed by atoms with E-state index < -0.39 is 16.5 Å². The fraction of sp³-hybridized carbons (Fsp3) is 1.00. The summed E-state index contributed by atoms with van der Waals surface area (Å²) in [5.74, 6) is -0.234. The van der Waals surface area contributed by atoms with Gasteiger partial charge in [0, 0.05) is 6.42 Å². The van der Waals surface area contributed by atoms with Crippen LogP contribution in [0, 0.1) is 0 Å². The second kappa shape index (κ2) is 8.99. The van der Waals surface area contributed by atoms with Gasteiger partial charge >= 0.3 is 0 Å². The van der Waals surface area contributed by atoms with E-state index in [2.05, 4.69) is 0 Å². The van der Waals surface area contributed by atoms with Crippen molar-refractivity contribution in [2.24, 2.45) is 0 Å². The number of halogens is 2. The molecular weight excluding hydrogens is 228 g/mol. The van der Waals surface area contributed by atoms with Gasteiger partial charge in [0.2, 0.25) is 6.43 Å². The van der Waals surface area contributed by atoms with E-state index in [9.17, 15) is 17.2 Å². The monoisotopic (exact) mass is 247 g/mol. The molecule has 4 nitrogen and oxygen atoms in total. The van der Waals surface area contributed by atoms with Crippen LogP contribution in [-0.2, 0) is 10.1 Å². The first-order valence-corrected chi connectivity index (χ1v) is 6.26. The minimum atomic E-state index is -3.85. The van der Waals surface area contributed by atoms with Crippen molar-refractivity contribution < 1.29 is 21.8 Å². The summed E-state index contributed by atoms with van der Waals surface area (Å²) < 4.78 is 52.2. The van der Waals surface area contributed by atoms with Crippen LogP contribution in [0.15, 0.2) is 0 Å². The molecule has 0 atom stereocenters. The van der Waals surface area contributed by atoms with Gasteiger partial charge in [-0.2, -0.15) is 8.42 Å². The fourth-order valence-corrected chi connectivity index (χ4v) is 1.68. The molecule has 7 heteroatoms. The molecule has 0 unspecified atom stereocenters. The number of unbranched alkanes of at least 4 members (excludes halogenated alkanes) is 4. The first-order chi connectivity index (χ1) is 6.42. The normalized spacial score (nSPS) is 11.5. The van der Waals surface area contributed by atoms with Crippen LogP contribution in [0.5, 0.6) is 0 Å². The Morgan fingerprint density at radius 2 is 1.47 bits per heavy atom. The molecule has 0 aromatic heterocycles. The van der Waals surface area contributed by atoms with Crippen molar-refractivity contribution in [2.45, 2.75) is 45.0 Å². The summed E-state index contributed by atoms with van der Waals surface area (Å²) in [6, 6.07) is 0. The first kappa shape index (κ1) is 17.1. The highest BCUT2D eigenvalue weighted by atomic mass is 32.2. The van der Waals surface area contributed by atoms with Crippen molar-refractivity contribution in [3.05, 3.63) is 0 Å². The molecular formula is C8H19F2NO3S. The van der Waals surface area contributed by atoms with Crippen LogP contribution >= 0.6 is 0 Å². The molecule has 0 aromatic carbocycles. The third-order valence-corrected chi connectivity index (χ3v) is 2.63. The molecule has 15 heavy (non-hydrogen) atoms. The number of hydrogen-bond acceptors (Lipinski definition) is 3. The molecule has 0 radical (unpaired) electrons. The van der Waals surface area contributed by atoms with Gasteiger partial charge in [-0.05, 0) is 12.8 Å². The largest absolute Gasteiger partial charge is 0.344 e. The molecule has 0 amide bonds. The second-order valence-corrected chi connectivity index (χ2v) is 4.81. The molecule has 0 heterocycles. The molecule has 0 rings (SSSR count). The Hall–Kier alpha value is -0.270. The Labute approximate surface area is 89.4 Å². The van der Waals surface area contributed by atoms with Crippen molar-refractivity contribution in [3.8, 4) is 0 Å². The minimum Gasteiger partial charge on any atom is -0.344 e. The Kier molecular flexibility index (Phi) is 10.3. The fourth-order valence-electron chi connectivity index (χ4n) is 1.11.